The molecule has 1 aromatic carbocycles. The van der Waals surface area contributed by atoms with Gasteiger partial charge in [0.1, 0.15) is 5.57 Å². The van der Waals surface area contributed by atoms with E-state index >= 15 is 0 Å². The number of ether oxygens (including phenoxy) is 1. The molecule has 0 amide bonds. The Hall–Kier alpha value is -1.82. The smallest absolute Gasteiger partial charge is 0.416 e. The number of hydrogen-bond donors (Lipinski definition) is 0. The second-order valence-electron chi connectivity index (χ2n) is 5.15. The van der Waals surface area contributed by atoms with E-state index in [4.69, 9.17) is 16.3 Å². The first-order valence-electron chi connectivity index (χ1n) is 7.03. The highest BCUT2D eigenvalue weighted by atomic mass is 35.5. The molecular weight excluding hydrogens is 333 g/mol. The van der Waals surface area contributed by atoms with Gasteiger partial charge in [0.25, 0.3) is 0 Å². The monoisotopic (exact) mass is 346 g/mol. The number of benzene rings is 1. The molecule has 1 saturated carbocycles. The van der Waals surface area contributed by atoms with E-state index in [9.17, 15) is 22.8 Å². The minimum absolute atomic E-state index is 0.153. The molecule has 7 heteroatoms. The van der Waals surface area contributed by atoms with Crippen molar-refractivity contribution >= 4 is 23.2 Å². The van der Waals surface area contributed by atoms with Gasteiger partial charge in [-0.15, -0.1) is 0 Å². The van der Waals surface area contributed by atoms with Gasteiger partial charge in [0.2, 0.25) is 5.78 Å². The molecule has 0 atom stereocenters. The number of alkyl halides is 3. The summed E-state index contributed by atoms with van der Waals surface area (Å²) in [7, 11) is 0. The summed E-state index contributed by atoms with van der Waals surface area (Å²) in [4.78, 5) is 24.6. The molecule has 0 saturated heterocycles. The first kappa shape index (κ1) is 17.5. The summed E-state index contributed by atoms with van der Waals surface area (Å²) in [5.41, 5.74) is -1.29. The zero-order chi connectivity index (χ0) is 17.2. The first-order valence-corrected chi connectivity index (χ1v) is 7.41. The number of hydrogen-bond acceptors (Lipinski definition) is 3. The van der Waals surface area contributed by atoms with E-state index in [0.717, 1.165) is 18.4 Å². The first-order chi connectivity index (χ1) is 10.8. The molecule has 2 rings (SSSR count). The van der Waals surface area contributed by atoms with Crippen LogP contribution in [0, 0.1) is 5.92 Å². The van der Waals surface area contributed by atoms with Crippen LogP contribution in [-0.4, -0.2) is 18.2 Å². The van der Waals surface area contributed by atoms with Crippen molar-refractivity contribution in [1.29, 1.82) is 0 Å². The fraction of sp³-hybridized carbons (Fsp3) is 0.375. The van der Waals surface area contributed by atoms with Crippen molar-refractivity contribution < 1.29 is 27.5 Å². The van der Waals surface area contributed by atoms with Crippen molar-refractivity contribution in [2.24, 2.45) is 5.92 Å². The molecule has 1 aliphatic rings. The van der Waals surface area contributed by atoms with E-state index in [1.165, 1.54) is 0 Å². The lowest BCUT2D eigenvalue weighted by Crippen LogP contribution is -2.16. The molecule has 0 aliphatic heterocycles. The Bertz CT molecular complexity index is 661. The molecule has 0 N–H and O–H groups in total. The van der Waals surface area contributed by atoms with Crippen molar-refractivity contribution in [3.63, 3.8) is 0 Å². The maximum absolute atomic E-state index is 12.6. The summed E-state index contributed by atoms with van der Waals surface area (Å²) in [6.45, 7) is 1.95. The molecule has 0 aromatic heterocycles. The van der Waals surface area contributed by atoms with Crippen LogP contribution in [0.15, 0.2) is 30.0 Å². The highest BCUT2D eigenvalue weighted by molar-refractivity contribution is 6.37. The number of halogens is 4. The molecule has 23 heavy (non-hydrogen) atoms. The Kier molecular flexibility index (Phi) is 5.14. The fourth-order valence-electron chi connectivity index (χ4n) is 1.98. The van der Waals surface area contributed by atoms with E-state index in [-0.39, 0.29) is 34.5 Å². The Labute approximate surface area is 136 Å². The molecule has 1 fully saturated rings. The molecular formula is C16H14ClF3O3. The summed E-state index contributed by atoms with van der Waals surface area (Å²) in [5.74, 6) is -1.31. The van der Waals surface area contributed by atoms with Gasteiger partial charge in [-0.05, 0) is 38.0 Å². The van der Waals surface area contributed by atoms with E-state index < -0.39 is 17.5 Å². The fourth-order valence-corrected chi connectivity index (χ4v) is 2.24. The van der Waals surface area contributed by atoms with Gasteiger partial charge in [-0.25, -0.2) is 0 Å². The lowest BCUT2D eigenvalue weighted by atomic mass is 9.97. The van der Waals surface area contributed by atoms with E-state index in [1.54, 1.807) is 6.92 Å². The van der Waals surface area contributed by atoms with Gasteiger partial charge in [0, 0.05) is 11.5 Å². The van der Waals surface area contributed by atoms with Gasteiger partial charge in [-0.1, -0.05) is 11.6 Å². The van der Waals surface area contributed by atoms with Crippen molar-refractivity contribution in [3.8, 4) is 0 Å². The van der Waals surface area contributed by atoms with Gasteiger partial charge < -0.3 is 4.74 Å². The number of carbonyl (C=O) groups excluding carboxylic acids is 2. The zero-order valence-electron chi connectivity index (χ0n) is 12.2. The number of carbonyl (C=O) groups is 2. The van der Waals surface area contributed by atoms with Crippen molar-refractivity contribution in [2.75, 3.05) is 6.61 Å². The minimum atomic E-state index is -4.56. The third kappa shape index (κ3) is 4.13. The summed E-state index contributed by atoms with van der Waals surface area (Å²) in [6, 6.07) is 2.42. The highest BCUT2D eigenvalue weighted by Crippen LogP contribution is 2.35. The Morgan fingerprint density at radius 1 is 1.35 bits per heavy atom. The zero-order valence-corrected chi connectivity index (χ0v) is 13.0. The van der Waals surface area contributed by atoms with Crippen LogP contribution in [0.2, 0.25) is 5.02 Å². The Morgan fingerprint density at radius 3 is 2.48 bits per heavy atom. The normalized spacial score (nSPS) is 15.4. The van der Waals surface area contributed by atoms with E-state index in [2.05, 4.69) is 0 Å². The van der Waals surface area contributed by atoms with Gasteiger partial charge in [0.15, 0.2) is 5.78 Å². The van der Waals surface area contributed by atoms with Crippen LogP contribution >= 0.6 is 11.6 Å². The van der Waals surface area contributed by atoms with Gasteiger partial charge in [0.05, 0.1) is 23.5 Å². The van der Waals surface area contributed by atoms with Crippen molar-refractivity contribution in [3.05, 3.63) is 46.2 Å². The maximum atomic E-state index is 12.6. The standard InChI is InChI=1S/C16H14ClF3O3/c1-2-23-8-12(14(21)9-3-4-9)15(22)11-6-5-10(7-13(11)17)16(18,19)20/h5-9H,2-4H2,1H3. The number of Topliss-reactive ketones (excluding diaryl/α,β-unsaturated/α-hetero) is 2. The summed E-state index contributed by atoms with van der Waals surface area (Å²) >= 11 is 5.81. The van der Waals surface area contributed by atoms with Crippen LogP contribution in [0.4, 0.5) is 13.2 Å². The molecule has 0 bridgehead atoms. The van der Waals surface area contributed by atoms with E-state index in [1.807, 2.05) is 0 Å². The highest BCUT2D eigenvalue weighted by Gasteiger charge is 2.36. The van der Waals surface area contributed by atoms with Crippen LogP contribution < -0.4 is 0 Å². The molecule has 1 aliphatic carbocycles. The van der Waals surface area contributed by atoms with Crippen molar-refractivity contribution in [2.45, 2.75) is 25.9 Å². The summed E-state index contributed by atoms with van der Waals surface area (Å²) in [6.07, 6.45) is -2.11. The van der Waals surface area contributed by atoms with Crippen LogP contribution in [0.3, 0.4) is 0 Å². The van der Waals surface area contributed by atoms with Gasteiger partial charge >= 0.3 is 6.18 Å². The summed E-state index contributed by atoms with van der Waals surface area (Å²) in [5, 5.41) is -0.351. The minimum Gasteiger partial charge on any atom is -0.501 e. The average molecular weight is 347 g/mol. The Balaban J connectivity index is 2.34. The number of ketones is 2. The van der Waals surface area contributed by atoms with E-state index in [0.29, 0.717) is 18.9 Å². The van der Waals surface area contributed by atoms with Crippen LogP contribution in [0.25, 0.3) is 0 Å². The third-order valence-corrected chi connectivity index (χ3v) is 3.68. The SMILES string of the molecule is CCOC=C(C(=O)c1ccc(C(F)(F)F)cc1Cl)C(=O)C1CC1. The Morgan fingerprint density at radius 2 is 2.00 bits per heavy atom. The summed E-state index contributed by atoms with van der Waals surface area (Å²) < 4.78 is 42.9. The molecule has 0 radical (unpaired) electrons. The molecule has 0 unspecified atom stereocenters. The maximum Gasteiger partial charge on any atom is 0.416 e. The number of rotatable bonds is 6. The topological polar surface area (TPSA) is 43.4 Å². The van der Waals surface area contributed by atoms with Crippen LogP contribution in [0.1, 0.15) is 35.7 Å². The second-order valence-corrected chi connectivity index (χ2v) is 5.55. The lowest BCUT2D eigenvalue weighted by molar-refractivity contribution is -0.137. The molecule has 0 spiro atoms. The molecule has 0 heterocycles. The predicted octanol–water partition coefficient (Wildman–Crippen LogP) is 4.44. The van der Waals surface area contributed by atoms with Gasteiger partial charge in [-0.2, -0.15) is 13.2 Å². The largest absolute Gasteiger partial charge is 0.501 e. The molecule has 3 nitrogen and oxygen atoms in total. The average Bonchev–Trinajstić information content (AvgIpc) is 3.30. The number of allylic oxidation sites excluding steroid dienone is 1. The molecule has 1 aromatic rings. The lowest BCUT2D eigenvalue weighted by Gasteiger charge is -2.11. The van der Waals surface area contributed by atoms with Crippen LogP contribution in [0.5, 0.6) is 0 Å². The predicted molar refractivity (Wildman–Crippen MR) is 78.2 cm³/mol. The third-order valence-electron chi connectivity index (χ3n) is 3.37. The quantitative estimate of drug-likeness (QED) is 0.251. The van der Waals surface area contributed by atoms with Crippen LogP contribution in [-0.2, 0) is 15.7 Å². The second kappa shape index (κ2) is 6.74. The van der Waals surface area contributed by atoms with Gasteiger partial charge in [-0.3, -0.25) is 9.59 Å². The molecule has 124 valence electrons. The van der Waals surface area contributed by atoms with Crippen molar-refractivity contribution in [1.82, 2.24) is 0 Å².